The summed E-state index contributed by atoms with van der Waals surface area (Å²) in [6.07, 6.45) is 7.50. The highest BCUT2D eigenvalue weighted by Gasteiger charge is 2.61. The molecule has 0 saturated heterocycles. The molecule has 4 N–H and O–H groups in total. The highest BCUT2D eigenvalue weighted by atomic mass is 16.5. The molecule has 1 unspecified atom stereocenters. The van der Waals surface area contributed by atoms with Gasteiger partial charge in [0.2, 0.25) is 0 Å². The lowest BCUT2D eigenvalue weighted by molar-refractivity contribution is -0.151. The van der Waals surface area contributed by atoms with Gasteiger partial charge in [-0.1, -0.05) is 50.5 Å². The van der Waals surface area contributed by atoms with Gasteiger partial charge in [0, 0.05) is 29.5 Å². The average Bonchev–Trinajstić information content (AvgIpc) is 3.14. The van der Waals surface area contributed by atoms with Crippen LogP contribution in [-0.4, -0.2) is 46.5 Å². The first kappa shape index (κ1) is 31.0. The summed E-state index contributed by atoms with van der Waals surface area (Å²) in [6.45, 7) is 14.5. The van der Waals surface area contributed by atoms with Crippen LogP contribution < -0.4 is 10.1 Å². The van der Waals surface area contributed by atoms with Gasteiger partial charge in [-0.15, -0.1) is 0 Å². The number of Topliss-reactive ketones (excluding diaryl/α,β-unsaturated/α-hetero) is 1. The van der Waals surface area contributed by atoms with Crippen molar-refractivity contribution < 1.29 is 29.6 Å². The Kier molecular flexibility index (Phi) is 9.81. The summed E-state index contributed by atoms with van der Waals surface area (Å²) in [4.78, 5) is 24.9. The Hall–Kier alpha value is -2.90. The molecule has 1 saturated carbocycles. The number of aryl methyl sites for hydroxylation is 1. The highest BCUT2D eigenvalue weighted by Crippen LogP contribution is 2.55. The van der Waals surface area contributed by atoms with E-state index in [0.717, 1.165) is 55.2 Å². The number of aliphatic carboxylic acids is 1. The molecule has 7 heteroatoms. The first-order valence-electron chi connectivity index (χ1n) is 15.2. The van der Waals surface area contributed by atoms with E-state index in [4.69, 9.17) is 4.74 Å². The van der Waals surface area contributed by atoms with Crippen molar-refractivity contribution in [2.24, 2.45) is 29.6 Å². The van der Waals surface area contributed by atoms with E-state index >= 15 is 0 Å². The second-order valence-corrected chi connectivity index (χ2v) is 12.5. The maximum Gasteiger partial charge on any atom is 0.332 e. The van der Waals surface area contributed by atoms with Crippen molar-refractivity contribution in [3.8, 4) is 11.5 Å². The molecule has 3 aliphatic rings. The SMILES string of the molecule is C=C(C)[C@@H]1CCC(C)=C[C@H]1c1c(O)cc(CCCCC)cc1OCNCC1=C(C(=O)O)C2C(=O)[C@H]([C@@H](C)O)[C@H]2[C@H]1C. The number of nitrogens with one attached hydrogen (secondary N) is 1. The molecule has 1 aromatic rings. The Morgan fingerprint density at radius 3 is 2.63 bits per heavy atom. The molecule has 0 aliphatic heterocycles. The molecule has 3 aliphatic carbocycles. The lowest BCUT2D eigenvalue weighted by atomic mass is 9.59. The smallest absolute Gasteiger partial charge is 0.332 e. The van der Waals surface area contributed by atoms with E-state index in [9.17, 15) is 24.9 Å². The van der Waals surface area contributed by atoms with Crippen molar-refractivity contribution in [2.75, 3.05) is 13.3 Å². The van der Waals surface area contributed by atoms with Crippen LogP contribution in [0, 0.1) is 29.6 Å². The fourth-order valence-electron chi connectivity index (χ4n) is 7.44. The van der Waals surface area contributed by atoms with Gasteiger partial charge in [0.05, 0.1) is 12.0 Å². The normalized spacial score (nSPS) is 28.1. The van der Waals surface area contributed by atoms with Crippen LogP contribution >= 0.6 is 0 Å². The lowest BCUT2D eigenvalue weighted by Gasteiger charge is -2.43. The van der Waals surface area contributed by atoms with Gasteiger partial charge >= 0.3 is 5.97 Å². The number of aliphatic hydroxyl groups is 1. The number of phenols is 1. The third-order valence-electron chi connectivity index (χ3n) is 9.58. The quantitative estimate of drug-likeness (QED) is 0.133. The standard InChI is InChI=1S/C34H47NO6/c1-7-8-9-10-22-14-26(37)30(24-13-19(4)11-12-23(24)18(2)3)27(15-22)41-17-35-16-25-20(5)28-29(21(6)36)33(38)32(28)31(25)34(39)40/h13-15,20-21,23-24,28-29,32,35-37H,2,7-12,16-17H2,1,3-6H3,(H,39,40)/t20-,21+,23-,24+,28+,29+,32?/m0/s1. The maximum atomic E-state index is 12.7. The van der Waals surface area contributed by atoms with Crippen LogP contribution in [0.15, 0.2) is 47.1 Å². The summed E-state index contributed by atoms with van der Waals surface area (Å²) in [5.74, 6) is -1.73. The molecule has 41 heavy (non-hydrogen) atoms. The van der Waals surface area contributed by atoms with E-state index in [1.807, 2.05) is 26.0 Å². The Balaban J connectivity index is 1.56. The summed E-state index contributed by atoms with van der Waals surface area (Å²) >= 11 is 0. The monoisotopic (exact) mass is 565 g/mol. The van der Waals surface area contributed by atoms with Gasteiger partial charge in [-0.05, 0) is 87.5 Å². The predicted molar refractivity (Wildman–Crippen MR) is 160 cm³/mol. The fraction of sp³-hybridized carbons (Fsp3) is 0.588. The zero-order valence-corrected chi connectivity index (χ0v) is 25.2. The molecule has 1 aromatic carbocycles. The maximum absolute atomic E-state index is 12.7. The number of aliphatic hydroxyl groups excluding tert-OH is 1. The van der Waals surface area contributed by atoms with Gasteiger partial charge in [0.25, 0.3) is 0 Å². The Morgan fingerprint density at radius 1 is 1.27 bits per heavy atom. The van der Waals surface area contributed by atoms with Gasteiger partial charge < -0.3 is 20.1 Å². The van der Waals surface area contributed by atoms with Crippen molar-refractivity contribution in [3.63, 3.8) is 0 Å². The van der Waals surface area contributed by atoms with Crippen molar-refractivity contribution in [3.05, 3.63) is 58.2 Å². The molecule has 0 spiro atoms. The minimum atomic E-state index is -1.07. The number of carbonyl (C=O) groups excluding carboxylic acids is 1. The number of phenolic OH excluding ortho intramolecular Hbond substituents is 1. The molecule has 1 fully saturated rings. The van der Waals surface area contributed by atoms with Gasteiger partial charge in [-0.2, -0.15) is 0 Å². The Morgan fingerprint density at radius 2 is 2.00 bits per heavy atom. The lowest BCUT2D eigenvalue weighted by Crippen LogP contribution is -2.53. The van der Waals surface area contributed by atoms with Crippen molar-refractivity contribution in [1.82, 2.24) is 5.32 Å². The van der Waals surface area contributed by atoms with E-state index in [1.54, 1.807) is 6.92 Å². The predicted octanol–water partition coefficient (Wildman–Crippen LogP) is 5.91. The summed E-state index contributed by atoms with van der Waals surface area (Å²) in [5.41, 5.74) is 5.01. The number of carboxylic acids is 1. The van der Waals surface area contributed by atoms with Crippen molar-refractivity contribution >= 4 is 11.8 Å². The van der Waals surface area contributed by atoms with Crippen LogP contribution in [0.2, 0.25) is 0 Å². The van der Waals surface area contributed by atoms with Crippen molar-refractivity contribution in [1.29, 1.82) is 0 Å². The number of allylic oxidation sites excluding steroid dienone is 3. The first-order chi connectivity index (χ1) is 19.5. The molecule has 0 heterocycles. The zero-order chi connectivity index (χ0) is 30.0. The second kappa shape index (κ2) is 13.0. The largest absolute Gasteiger partial charge is 0.507 e. The summed E-state index contributed by atoms with van der Waals surface area (Å²) in [5, 5.41) is 34.6. The Labute approximate surface area is 244 Å². The number of benzene rings is 1. The van der Waals surface area contributed by atoms with Gasteiger partial charge in [0.1, 0.15) is 24.0 Å². The van der Waals surface area contributed by atoms with E-state index in [2.05, 4.69) is 31.8 Å². The van der Waals surface area contributed by atoms with Crippen molar-refractivity contribution in [2.45, 2.75) is 85.2 Å². The third-order valence-corrected chi connectivity index (χ3v) is 9.58. The van der Waals surface area contributed by atoms with E-state index in [-0.39, 0.29) is 54.1 Å². The Bertz CT molecular complexity index is 1240. The summed E-state index contributed by atoms with van der Waals surface area (Å²) in [7, 11) is 0. The molecule has 0 bridgehead atoms. The van der Waals surface area contributed by atoms with Gasteiger partial charge in [0.15, 0.2) is 0 Å². The second-order valence-electron chi connectivity index (χ2n) is 12.5. The zero-order valence-electron chi connectivity index (χ0n) is 25.2. The first-order valence-corrected chi connectivity index (χ1v) is 15.2. The van der Waals surface area contributed by atoms with Crippen LogP contribution in [0.1, 0.15) is 83.8 Å². The third kappa shape index (κ3) is 6.17. The molecule has 7 atom stereocenters. The number of ketones is 1. The van der Waals surface area contributed by atoms with Crippen LogP contribution in [0.3, 0.4) is 0 Å². The molecule has 0 aromatic heterocycles. The number of ether oxygens (including phenoxy) is 1. The molecule has 224 valence electrons. The number of hydrogen-bond donors (Lipinski definition) is 4. The van der Waals surface area contributed by atoms with E-state index in [1.165, 1.54) is 5.57 Å². The number of fused-ring (bicyclic) bond motifs is 1. The molecule has 7 nitrogen and oxygen atoms in total. The van der Waals surface area contributed by atoms with Crippen LogP contribution in [0.25, 0.3) is 0 Å². The molecule has 4 rings (SSSR count). The number of unbranched alkanes of at least 4 members (excludes halogenated alkanes) is 2. The topological polar surface area (TPSA) is 116 Å². The number of carbonyl (C=O) groups is 2. The number of hydrogen-bond acceptors (Lipinski definition) is 6. The molecular weight excluding hydrogens is 518 g/mol. The van der Waals surface area contributed by atoms with Gasteiger partial charge in [-0.3, -0.25) is 10.1 Å². The average molecular weight is 566 g/mol. The fourth-order valence-corrected chi connectivity index (χ4v) is 7.44. The highest BCUT2D eigenvalue weighted by molar-refractivity contribution is 6.04. The van der Waals surface area contributed by atoms with Crippen LogP contribution in [0.4, 0.5) is 0 Å². The molecular formula is C34H47NO6. The minimum absolute atomic E-state index is 0.0452. The van der Waals surface area contributed by atoms with Gasteiger partial charge in [-0.25, -0.2) is 4.79 Å². The summed E-state index contributed by atoms with van der Waals surface area (Å²) in [6, 6.07) is 3.90. The number of carboxylic acid groups (broad SMARTS) is 1. The van der Waals surface area contributed by atoms with Crippen LogP contribution in [-0.2, 0) is 16.0 Å². The summed E-state index contributed by atoms with van der Waals surface area (Å²) < 4.78 is 6.32. The van der Waals surface area contributed by atoms with E-state index < -0.39 is 23.9 Å². The van der Waals surface area contributed by atoms with Crippen LogP contribution in [0.5, 0.6) is 11.5 Å². The number of aromatic hydroxyl groups is 1. The minimum Gasteiger partial charge on any atom is -0.507 e. The van der Waals surface area contributed by atoms with E-state index in [0.29, 0.717) is 11.3 Å². The number of rotatable bonds is 13. The molecule has 0 radical (unpaired) electrons. The molecule has 0 amide bonds.